The van der Waals surface area contributed by atoms with E-state index >= 15 is 0 Å². The number of benzene rings is 3. The Bertz CT molecular complexity index is 1070. The molecule has 138 valence electrons. The van der Waals surface area contributed by atoms with Crippen molar-refractivity contribution >= 4 is 44.9 Å². The Kier molecular flexibility index (Phi) is 5.70. The van der Waals surface area contributed by atoms with Crippen molar-refractivity contribution < 1.29 is 17.4 Å². The van der Waals surface area contributed by atoms with Crippen molar-refractivity contribution in [3.63, 3.8) is 0 Å². The van der Waals surface area contributed by atoms with Gasteiger partial charge in [-0.05, 0) is 48.5 Å². The average Bonchev–Trinajstić information content (AvgIpc) is 2.64. The van der Waals surface area contributed by atoms with E-state index in [-0.39, 0.29) is 21.2 Å². The highest BCUT2D eigenvalue weighted by Gasteiger charge is 2.21. The van der Waals surface area contributed by atoms with Crippen LogP contribution >= 0.6 is 23.2 Å². The van der Waals surface area contributed by atoms with Gasteiger partial charge in [-0.1, -0.05) is 41.4 Å². The Balaban J connectivity index is 1.91. The molecule has 0 heterocycles. The lowest BCUT2D eigenvalue weighted by molar-refractivity contribution is 0.102. The fraction of sp³-hybridized carbons (Fsp3) is 0. The molecule has 0 bridgehead atoms. The molecule has 3 rings (SSSR count). The summed E-state index contributed by atoms with van der Waals surface area (Å²) < 4.78 is 30.1. The molecule has 27 heavy (non-hydrogen) atoms. The van der Waals surface area contributed by atoms with E-state index in [0.29, 0.717) is 10.7 Å². The van der Waals surface area contributed by atoms with E-state index in [1.165, 1.54) is 30.3 Å². The highest BCUT2D eigenvalue weighted by atomic mass is 35.5. The molecule has 0 fully saturated rings. The zero-order chi connectivity index (χ0) is 19.4. The molecule has 8 heteroatoms. The van der Waals surface area contributed by atoms with E-state index in [2.05, 4.69) is 5.32 Å². The van der Waals surface area contributed by atoms with Gasteiger partial charge in [-0.15, -0.1) is 0 Å². The Labute approximate surface area is 166 Å². The molecule has 0 aliphatic heterocycles. The van der Waals surface area contributed by atoms with Gasteiger partial charge in [0, 0.05) is 21.8 Å². The molecule has 3 aromatic rings. The van der Waals surface area contributed by atoms with Gasteiger partial charge < -0.3 is 9.50 Å². The molecule has 0 radical (unpaired) electrons. The van der Waals surface area contributed by atoms with E-state index in [1.807, 2.05) is 0 Å². The maximum atomic E-state index is 12.6. The summed E-state index contributed by atoms with van der Waals surface area (Å²) in [5.74, 6) is -0.718. The van der Waals surface area contributed by atoms with Gasteiger partial charge in [0.1, 0.15) is 4.90 Å². The minimum Gasteiger partial charge on any atom is -0.378 e. The third-order valence-electron chi connectivity index (χ3n) is 3.52. The molecular formula is C19H13Cl2NO4S. The Hall–Kier alpha value is -2.54. The number of hydrogen-bond acceptors (Lipinski definition) is 4. The first-order valence-corrected chi connectivity index (χ1v) is 9.87. The fourth-order valence-corrected chi connectivity index (χ4v) is 3.49. The highest BCUT2D eigenvalue weighted by molar-refractivity contribution is 7.87. The summed E-state index contributed by atoms with van der Waals surface area (Å²) in [4.78, 5) is 12.6. The van der Waals surface area contributed by atoms with Crippen LogP contribution in [0.4, 0.5) is 5.69 Å². The van der Waals surface area contributed by atoms with Crippen molar-refractivity contribution in [3.05, 3.63) is 88.4 Å². The Morgan fingerprint density at radius 3 is 2.15 bits per heavy atom. The summed E-state index contributed by atoms with van der Waals surface area (Å²) in [6.07, 6.45) is 0. The van der Waals surface area contributed by atoms with Crippen molar-refractivity contribution in [1.29, 1.82) is 0 Å². The van der Waals surface area contributed by atoms with Gasteiger partial charge in [0.2, 0.25) is 0 Å². The monoisotopic (exact) mass is 421 g/mol. The van der Waals surface area contributed by atoms with Crippen LogP contribution in [0.2, 0.25) is 10.0 Å². The van der Waals surface area contributed by atoms with Crippen LogP contribution in [-0.2, 0) is 10.1 Å². The number of rotatable bonds is 5. The molecular weight excluding hydrogens is 409 g/mol. The van der Waals surface area contributed by atoms with Gasteiger partial charge >= 0.3 is 10.1 Å². The molecule has 0 aliphatic carbocycles. The Morgan fingerprint density at radius 1 is 0.852 bits per heavy atom. The summed E-state index contributed by atoms with van der Waals surface area (Å²) in [5, 5.41) is 3.41. The van der Waals surface area contributed by atoms with Crippen molar-refractivity contribution in [2.75, 3.05) is 5.32 Å². The van der Waals surface area contributed by atoms with Crippen molar-refractivity contribution in [3.8, 4) is 5.75 Å². The van der Waals surface area contributed by atoms with Gasteiger partial charge in [-0.2, -0.15) is 8.42 Å². The molecule has 0 spiro atoms. The molecule has 1 amide bonds. The predicted octanol–water partition coefficient (Wildman–Crippen LogP) is 5.01. The maximum Gasteiger partial charge on any atom is 0.339 e. The van der Waals surface area contributed by atoms with E-state index in [9.17, 15) is 13.2 Å². The number of hydrogen-bond donors (Lipinski definition) is 1. The normalized spacial score (nSPS) is 11.0. The molecule has 1 N–H and O–H groups in total. The quantitative estimate of drug-likeness (QED) is 0.587. The van der Waals surface area contributed by atoms with Crippen LogP contribution in [0.3, 0.4) is 0 Å². The first-order valence-electron chi connectivity index (χ1n) is 7.71. The minimum absolute atomic E-state index is 0.0221. The van der Waals surface area contributed by atoms with E-state index in [1.54, 1.807) is 42.5 Å². The minimum atomic E-state index is -4.12. The van der Waals surface area contributed by atoms with Crippen LogP contribution in [0, 0.1) is 0 Å². The summed E-state index contributed by atoms with van der Waals surface area (Å²) in [6.45, 7) is 0. The van der Waals surface area contributed by atoms with Crippen molar-refractivity contribution in [2.24, 2.45) is 0 Å². The van der Waals surface area contributed by atoms with Crippen LogP contribution in [0.25, 0.3) is 0 Å². The molecule has 0 saturated carbocycles. The topological polar surface area (TPSA) is 72.5 Å². The smallest absolute Gasteiger partial charge is 0.339 e. The van der Waals surface area contributed by atoms with Gasteiger partial charge in [0.25, 0.3) is 5.91 Å². The van der Waals surface area contributed by atoms with E-state index in [4.69, 9.17) is 27.4 Å². The maximum absolute atomic E-state index is 12.6. The number of amides is 1. The molecule has 5 nitrogen and oxygen atoms in total. The van der Waals surface area contributed by atoms with Crippen molar-refractivity contribution in [2.45, 2.75) is 4.90 Å². The largest absolute Gasteiger partial charge is 0.378 e. The second kappa shape index (κ2) is 8.00. The summed E-state index contributed by atoms with van der Waals surface area (Å²) in [6, 6.07) is 18.2. The highest BCUT2D eigenvalue weighted by Crippen LogP contribution is 2.28. The van der Waals surface area contributed by atoms with Crippen LogP contribution in [0.1, 0.15) is 10.4 Å². The lowest BCUT2D eigenvalue weighted by Crippen LogP contribution is -2.16. The number of anilines is 1. The number of carbonyl (C=O) groups excluding carboxylic acids is 1. The average molecular weight is 422 g/mol. The summed E-state index contributed by atoms with van der Waals surface area (Å²) in [5.41, 5.74) is 0.519. The molecule has 0 unspecified atom stereocenters. The summed E-state index contributed by atoms with van der Waals surface area (Å²) >= 11 is 11.8. The second-order valence-corrected chi connectivity index (χ2v) is 7.87. The number of carbonyl (C=O) groups is 1. The predicted molar refractivity (Wildman–Crippen MR) is 105 cm³/mol. The first-order chi connectivity index (χ1) is 12.8. The molecule has 0 atom stereocenters. The second-order valence-electron chi connectivity index (χ2n) is 5.45. The van der Waals surface area contributed by atoms with Crippen LogP contribution < -0.4 is 9.50 Å². The lowest BCUT2D eigenvalue weighted by atomic mass is 10.2. The van der Waals surface area contributed by atoms with Crippen LogP contribution in [0.15, 0.2) is 77.7 Å². The molecule has 0 aromatic heterocycles. The number of halogens is 2. The third-order valence-corrected chi connectivity index (χ3v) is 5.26. The third kappa shape index (κ3) is 4.80. The van der Waals surface area contributed by atoms with Crippen molar-refractivity contribution in [1.82, 2.24) is 0 Å². The van der Waals surface area contributed by atoms with Gasteiger partial charge in [0.15, 0.2) is 5.75 Å². The van der Waals surface area contributed by atoms with Crippen LogP contribution in [-0.4, -0.2) is 14.3 Å². The SMILES string of the molecule is O=C(Nc1ccc(Cl)cc1)c1ccc(Cl)cc1OS(=O)(=O)c1ccccc1. The van der Waals surface area contributed by atoms with Gasteiger partial charge in [0.05, 0.1) is 5.56 Å². The summed E-state index contributed by atoms with van der Waals surface area (Å²) in [7, 11) is -4.12. The standard InChI is InChI=1S/C19H13Cl2NO4S/c20-13-6-9-15(10-7-13)22-19(23)17-11-8-14(21)12-18(17)26-27(24,25)16-4-2-1-3-5-16/h1-12H,(H,22,23). The molecule has 0 aliphatic rings. The number of nitrogens with one attached hydrogen (secondary N) is 1. The zero-order valence-electron chi connectivity index (χ0n) is 13.7. The van der Waals surface area contributed by atoms with E-state index in [0.717, 1.165) is 0 Å². The molecule has 3 aromatic carbocycles. The van der Waals surface area contributed by atoms with Gasteiger partial charge in [-0.3, -0.25) is 4.79 Å². The van der Waals surface area contributed by atoms with E-state index < -0.39 is 16.0 Å². The molecule has 0 saturated heterocycles. The Morgan fingerprint density at radius 2 is 1.48 bits per heavy atom. The fourth-order valence-electron chi connectivity index (χ4n) is 2.24. The first kappa shape index (κ1) is 19.2. The zero-order valence-corrected chi connectivity index (χ0v) is 16.1. The van der Waals surface area contributed by atoms with Crippen LogP contribution in [0.5, 0.6) is 5.75 Å². The lowest BCUT2D eigenvalue weighted by Gasteiger charge is -2.12. The van der Waals surface area contributed by atoms with Gasteiger partial charge in [-0.25, -0.2) is 0 Å².